The molecule has 0 aromatic heterocycles. The molecule has 0 spiro atoms. The largest absolute Gasteiger partial charge is 0.328 e. The molecule has 0 radical (unpaired) electrons. The molecule has 0 bridgehead atoms. The van der Waals surface area contributed by atoms with Gasteiger partial charge in [-0.05, 0) is 19.2 Å². The molecule has 0 amide bonds. The third-order valence-electron chi connectivity index (χ3n) is 1.91. The predicted molar refractivity (Wildman–Crippen MR) is 60.1 cm³/mol. The van der Waals surface area contributed by atoms with Crippen LogP contribution in [0.5, 0.6) is 0 Å². The fourth-order valence-corrected chi connectivity index (χ4v) is 4.24. The Labute approximate surface area is 79.5 Å². The van der Waals surface area contributed by atoms with Gasteiger partial charge in [-0.3, -0.25) is 0 Å². The van der Waals surface area contributed by atoms with E-state index in [1.165, 1.54) is 6.29 Å². The number of hydrogen-bond donors (Lipinski definition) is 0. The van der Waals surface area contributed by atoms with E-state index in [0.29, 0.717) is 0 Å². The minimum atomic E-state index is 0.206. The minimum absolute atomic E-state index is 0.206. The smallest absolute Gasteiger partial charge is 0.0963 e. The second-order valence-electron chi connectivity index (χ2n) is 5.13. The first-order valence-corrected chi connectivity index (χ1v) is 6.47. The Hall–Kier alpha value is 0.390. The van der Waals surface area contributed by atoms with Crippen molar-refractivity contribution < 1.29 is 4.48 Å². The first kappa shape index (κ1) is 12.4. The lowest BCUT2D eigenvalue weighted by Gasteiger charge is -2.33. The van der Waals surface area contributed by atoms with Crippen molar-refractivity contribution in [1.29, 1.82) is 0 Å². The molecule has 0 saturated carbocycles. The molecule has 12 heavy (non-hydrogen) atoms. The third kappa shape index (κ3) is 5.11. The summed E-state index contributed by atoms with van der Waals surface area (Å²) >= 11 is 0. The summed E-state index contributed by atoms with van der Waals surface area (Å²) in [7, 11) is 7.08. The van der Waals surface area contributed by atoms with Crippen LogP contribution in [0.3, 0.4) is 0 Å². The molecule has 0 aliphatic heterocycles. The van der Waals surface area contributed by atoms with Crippen LogP contribution in [0, 0.1) is 0 Å². The van der Waals surface area contributed by atoms with Crippen LogP contribution in [-0.2, 0) is 0 Å². The summed E-state index contributed by atoms with van der Waals surface area (Å²) in [5, 5.41) is 0. The molecule has 0 rings (SSSR count). The molecule has 0 saturated heterocycles. The molecule has 0 N–H and O–H groups in total. The summed E-state index contributed by atoms with van der Waals surface area (Å²) in [6.45, 7) is 9.45. The maximum atomic E-state index is 2.36. The second-order valence-corrected chi connectivity index (χ2v) is 8.51. The number of quaternary nitrogens is 1. The summed E-state index contributed by atoms with van der Waals surface area (Å²) in [5.41, 5.74) is 1.75. The fourth-order valence-electron chi connectivity index (χ4n) is 1.41. The van der Waals surface area contributed by atoms with Crippen LogP contribution in [0.2, 0.25) is 0 Å². The van der Waals surface area contributed by atoms with E-state index in [4.69, 9.17) is 0 Å². The van der Waals surface area contributed by atoms with E-state index in [1.54, 1.807) is 0 Å². The lowest BCUT2D eigenvalue weighted by molar-refractivity contribution is -0.858. The molecule has 0 aliphatic rings. The summed E-state index contributed by atoms with van der Waals surface area (Å²) in [6, 6.07) is 0. The molecule has 0 fully saturated rings. The molecule has 0 aliphatic carbocycles. The quantitative estimate of drug-likeness (QED) is 0.472. The van der Waals surface area contributed by atoms with Gasteiger partial charge in [-0.2, -0.15) is 0 Å². The number of hydrogen-bond acceptors (Lipinski definition) is 0. The van der Waals surface area contributed by atoms with Gasteiger partial charge in [0.2, 0.25) is 0 Å². The SMILES string of the molecule is CC(C)P(C[N+](C)(C)C)C(C)C. The highest BCUT2D eigenvalue weighted by atomic mass is 31.1. The highest BCUT2D eigenvalue weighted by molar-refractivity contribution is 7.58. The van der Waals surface area contributed by atoms with Crippen molar-refractivity contribution in [1.82, 2.24) is 0 Å². The van der Waals surface area contributed by atoms with Crippen LogP contribution in [0.4, 0.5) is 0 Å². The predicted octanol–water partition coefficient (Wildman–Crippen LogP) is 2.95. The van der Waals surface area contributed by atoms with E-state index in [-0.39, 0.29) is 7.92 Å². The van der Waals surface area contributed by atoms with Crippen molar-refractivity contribution in [2.45, 2.75) is 39.0 Å². The summed E-state index contributed by atoms with van der Waals surface area (Å²) < 4.78 is 1.11. The Kier molecular flexibility index (Phi) is 4.73. The Morgan fingerprint density at radius 2 is 1.25 bits per heavy atom. The van der Waals surface area contributed by atoms with E-state index >= 15 is 0 Å². The van der Waals surface area contributed by atoms with Crippen LogP contribution in [0.25, 0.3) is 0 Å². The van der Waals surface area contributed by atoms with Gasteiger partial charge in [0.15, 0.2) is 0 Å². The van der Waals surface area contributed by atoms with Gasteiger partial charge in [-0.15, -0.1) is 0 Å². The van der Waals surface area contributed by atoms with Crippen LogP contribution in [0.1, 0.15) is 27.7 Å². The van der Waals surface area contributed by atoms with Crippen LogP contribution in [-0.4, -0.2) is 43.2 Å². The number of nitrogens with zero attached hydrogens (tertiary/aromatic N) is 1. The normalized spacial score (nSPS) is 13.5. The maximum Gasteiger partial charge on any atom is 0.0963 e. The van der Waals surface area contributed by atoms with Gasteiger partial charge in [0.05, 0.1) is 27.4 Å². The minimum Gasteiger partial charge on any atom is -0.328 e. The zero-order valence-corrected chi connectivity index (χ0v) is 10.7. The van der Waals surface area contributed by atoms with E-state index in [9.17, 15) is 0 Å². The van der Waals surface area contributed by atoms with Crippen LogP contribution in [0.15, 0.2) is 0 Å². The molecule has 0 unspecified atom stereocenters. The molecular weight excluding hydrogens is 165 g/mol. The number of rotatable bonds is 4. The first-order chi connectivity index (χ1) is 5.24. The van der Waals surface area contributed by atoms with Crippen molar-refractivity contribution in [2.24, 2.45) is 0 Å². The average molecular weight is 190 g/mol. The van der Waals surface area contributed by atoms with Crippen molar-refractivity contribution in [2.75, 3.05) is 27.4 Å². The molecule has 0 atom stereocenters. The zero-order chi connectivity index (χ0) is 9.94. The Morgan fingerprint density at radius 1 is 0.917 bits per heavy atom. The highest BCUT2D eigenvalue weighted by Crippen LogP contribution is 2.46. The lowest BCUT2D eigenvalue weighted by Crippen LogP contribution is -2.36. The summed E-state index contributed by atoms with van der Waals surface area (Å²) in [6.07, 6.45) is 1.35. The first-order valence-electron chi connectivity index (χ1n) is 4.80. The van der Waals surface area contributed by atoms with Gasteiger partial charge >= 0.3 is 0 Å². The summed E-state index contributed by atoms with van der Waals surface area (Å²) in [5.74, 6) is 0. The average Bonchev–Trinajstić information content (AvgIpc) is 1.79. The molecule has 1 nitrogen and oxygen atoms in total. The van der Waals surface area contributed by atoms with Crippen molar-refractivity contribution in [3.63, 3.8) is 0 Å². The van der Waals surface area contributed by atoms with Crippen molar-refractivity contribution in [3.8, 4) is 0 Å². The lowest BCUT2D eigenvalue weighted by atomic mass is 10.5. The molecule has 0 aromatic carbocycles. The zero-order valence-electron chi connectivity index (χ0n) is 9.76. The molecule has 74 valence electrons. The second kappa shape index (κ2) is 4.58. The van der Waals surface area contributed by atoms with Gasteiger partial charge in [0, 0.05) is 0 Å². The van der Waals surface area contributed by atoms with E-state index in [1.807, 2.05) is 0 Å². The monoisotopic (exact) mass is 190 g/mol. The van der Waals surface area contributed by atoms with Gasteiger partial charge in [0.25, 0.3) is 0 Å². The maximum absolute atomic E-state index is 2.36. The van der Waals surface area contributed by atoms with E-state index in [2.05, 4.69) is 48.8 Å². The molecule has 0 heterocycles. The molecule has 0 aromatic rings. The van der Waals surface area contributed by atoms with E-state index in [0.717, 1.165) is 15.8 Å². The molecular formula is C10H25NP+. The van der Waals surface area contributed by atoms with Crippen molar-refractivity contribution in [3.05, 3.63) is 0 Å². The van der Waals surface area contributed by atoms with Gasteiger partial charge in [-0.1, -0.05) is 27.7 Å². The highest BCUT2D eigenvalue weighted by Gasteiger charge is 2.23. The standard InChI is InChI=1S/C10H25NP/c1-9(2)12(10(3)4)8-11(5,6)7/h9-10H,8H2,1-7H3/q+1. The Bertz CT molecular complexity index is 116. The topological polar surface area (TPSA) is 0 Å². The van der Waals surface area contributed by atoms with Crippen LogP contribution >= 0.6 is 7.92 Å². The Morgan fingerprint density at radius 3 is 1.33 bits per heavy atom. The van der Waals surface area contributed by atoms with Crippen LogP contribution < -0.4 is 0 Å². The summed E-state index contributed by atoms with van der Waals surface area (Å²) in [4.78, 5) is 0. The Balaban J connectivity index is 4.15. The van der Waals surface area contributed by atoms with Crippen molar-refractivity contribution >= 4 is 7.92 Å². The van der Waals surface area contributed by atoms with E-state index < -0.39 is 0 Å². The third-order valence-corrected chi connectivity index (χ3v) is 5.74. The van der Waals surface area contributed by atoms with Gasteiger partial charge in [-0.25, -0.2) is 0 Å². The van der Waals surface area contributed by atoms with Gasteiger partial charge in [0.1, 0.15) is 0 Å². The molecule has 2 heteroatoms. The fraction of sp³-hybridized carbons (Fsp3) is 1.00. The van der Waals surface area contributed by atoms with Gasteiger partial charge < -0.3 is 4.48 Å².